The number of H-pyrrole nitrogens is 1. The molecule has 0 saturated carbocycles. The standard InChI is InChI=1S/C24H25N5O3/c1-4-22(30)28-29-9-5-6-18(15-29)21-14-26-24-23(27-21)17(13-25-24)8-7-16-10-19(31-2)12-20(11-16)32-3/h4,10-14,18H,1,5-6,9,15H2,2-3H3,(H,25,26)(H,28,30). The molecule has 1 aliphatic heterocycles. The number of hydrogen-bond donors (Lipinski definition) is 2. The van der Waals surface area contributed by atoms with Gasteiger partial charge in [0.1, 0.15) is 17.0 Å². The highest BCUT2D eigenvalue weighted by atomic mass is 16.5. The lowest BCUT2D eigenvalue weighted by Gasteiger charge is -2.32. The topological polar surface area (TPSA) is 92.4 Å². The fraction of sp³-hybridized carbons (Fsp3) is 0.292. The SMILES string of the molecule is C=CC(=O)NN1CCCC(c2cnc3[nH]cc(C#Cc4cc(OC)cc(OC)c4)c3n2)C1. The molecule has 1 aliphatic rings. The molecule has 1 aromatic carbocycles. The molecule has 0 aliphatic carbocycles. The van der Waals surface area contributed by atoms with Crippen LogP contribution in [0.4, 0.5) is 0 Å². The Morgan fingerprint density at radius 1 is 1.28 bits per heavy atom. The van der Waals surface area contributed by atoms with Crippen molar-refractivity contribution in [3.05, 3.63) is 60.1 Å². The van der Waals surface area contributed by atoms with Crippen LogP contribution in [-0.2, 0) is 4.79 Å². The number of hydrazine groups is 1. The Morgan fingerprint density at radius 2 is 2.06 bits per heavy atom. The van der Waals surface area contributed by atoms with Crippen LogP contribution in [-0.4, -0.2) is 53.2 Å². The predicted molar refractivity (Wildman–Crippen MR) is 121 cm³/mol. The summed E-state index contributed by atoms with van der Waals surface area (Å²) in [5.41, 5.74) is 6.71. The number of fused-ring (bicyclic) bond motifs is 1. The van der Waals surface area contributed by atoms with Crippen molar-refractivity contribution in [2.75, 3.05) is 27.3 Å². The van der Waals surface area contributed by atoms with Crippen LogP contribution in [0.25, 0.3) is 11.2 Å². The van der Waals surface area contributed by atoms with E-state index in [0.29, 0.717) is 23.7 Å². The third kappa shape index (κ3) is 4.74. The van der Waals surface area contributed by atoms with Gasteiger partial charge in [-0.15, -0.1) is 0 Å². The van der Waals surface area contributed by atoms with E-state index in [0.717, 1.165) is 41.7 Å². The maximum absolute atomic E-state index is 11.6. The van der Waals surface area contributed by atoms with Crippen molar-refractivity contribution < 1.29 is 14.3 Å². The molecule has 164 valence electrons. The molecule has 0 spiro atoms. The van der Waals surface area contributed by atoms with Crippen LogP contribution in [0.3, 0.4) is 0 Å². The third-order valence-electron chi connectivity index (χ3n) is 5.39. The Hall–Kier alpha value is -3.83. The number of hydrogen-bond acceptors (Lipinski definition) is 6. The summed E-state index contributed by atoms with van der Waals surface area (Å²) in [4.78, 5) is 24.2. The predicted octanol–water partition coefficient (Wildman–Crippen LogP) is 2.77. The van der Waals surface area contributed by atoms with E-state index in [1.165, 1.54) is 6.08 Å². The molecule has 3 aromatic rings. The largest absolute Gasteiger partial charge is 0.497 e. The molecule has 8 heteroatoms. The summed E-state index contributed by atoms with van der Waals surface area (Å²) in [7, 11) is 3.22. The molecule has 4 rings (SSSR count). The lowest BCUT2D eigenvalue weighted by Crippen LogP contribution is -2.46. The fourth-order valence-corrected chi connectivity index (χ4v) is 3.74. The number of aromatic amines is 1. The van der Waals surface area contributed by atoms with Gasteiger partial charge in [-0.3, -0.25) is 10.2 Å². The second-order valence-electron chi connectivity index (χ2n) is 7.51. The summed E-state index contributed by atoms with van der Waals surface area (Å²) in [5.74, 6) is 7.67. The fourth-order valence-electron chi connectivity index (χ4n) is 3.74. The molecule has 0 bridgehead atoms. The van der Waals surface area contributed by atoms with E-state index in [1.807, 2.05) is 23.3 Å². The lowest BCUT2D eigenvalue weighted by molar-refractivity contribution is -0.121. The normalized spacial score (nSPS) is 16.1. The third-order valence-corrected chi connectivity index (χ3v) is 5.39. The number of piperidine rings is 1. The van der Waals surface area contributed by atoms with E-state index in [2.05, 4.69) is 33.8 Å². The van der Waals surface area contributed by atoms with E-state index in [9.17, 15) is 4.79 Å². The van der Waals surface area contributed by atoms with Gasteiger partial charge in [-0.05, 0) is 31.1 Å². The average Bonchev–Trinajstić information content (AvgIpc) is 3.24. The first-order valence-corrected chi connectivity index (χ1v) is 10.4. The minimum atomic E-state index is -0.204. The van der Waals surface area contributed by atoms with Gasteiger partial charge in [0.2, 0.25) is 0 Å². The Bertz CT molecular complexity index is 1190. The van der Waals surface area contributed by atoms with Gasteiger partial charge in [0.05, 0.1) is 31.7 Å². The number of rotatable bonds is 5. The monoisotopic (exact) mass is 431 g/mol. The van der Waals surface area contributed by atoms with Crippen molar-refractivity contribution in [1.82, 2.24) is 25.4 Å². The molecule has 1 fully saturated rings. The van der Waals surface area contributed by atoms with E-state index in [-0.39, 0.29) is 11.8 Å². The number of benzene rings is 1. The number of amides is 1. The zero-order chi connectivity index (χ0) is 22.5. The van der Waals surface area contributed by atoms with Crippen molar-refractivity contribution >= 4 is 17.1 Å². The molecule has 32 heavy (non-hydrogen) atoms. The first-order valence-electron chi connectivity index (χ1n) is 10.4. The van der Waals surface area contributed by atoms with Crippen LogP contribution >= 0.6 is 0 Å². The van der Waals surface area contributed by atoms with Gasteiger partial charge in [0.15, 0.2) is 5.65 Å². The quantitative estimate of drug-likeness (QED) is 0.477. The van der Waals surface area contributed by atoms with Crippen molar-refractivity contribution in [3.8, 4) is 23.3 Å². The first kappa shape index (κ1) is 21.4. The van der Waals surface area contributed by atoms with Gasteiger partial charge in [-0.1, -0.05) is 18.4 Å². The summed E-state index contributed by atoms with van der Waals surface area (Å²) < 4.78 is 10.6. The number of methoxy groups -OCH3 is 2. The average molecular weight is 431 g/mol. The van der Waals surface area contributed by atoms with Gasteiger partial charge in [-0.25, -0.2) is 15.0 Å². The number of carbonyl (C=O) groups is 1. The minimum Gasteiger partial charge on any atom is -0.497 e. The number of ether oxygens (including phenoxy) is 2. The Kier molecular flexibility index (Phi) is 6.38. The van der Waals surface area contributed by atoms with Crippen LogP contribution in [0.1, 0.15) is 35.6 Å². The molecule has 1 saturated heterocycles. The van der Waals surface area contributed by atoms with Crippen molar-refractivity contribution in [3.63, 3.8) is 0 Å². The lowest BCUT2D eigenvalue weighted by atomic mass is 9.96. The minimum absolute atomic E-state index is 0.170. The van der Waals surface area contributed by atoms with Gasteiger partial charge < -0.3 is 14.5 Å². The molecule has 2 aromatic heterocycles. The van der Waals surface area contributed by atoms with Crippen molar-refractivity contribution in [1.29, 1.82) is 0 Å². The highest BCUT2D eigenvalue weighted by Crippen LogP contribution is 2.26. The molecule has 1 amide bonds. The molecule has 1 atom stereocenters. The Morgan fingerprint density at radius 3 is 2.78 bits per heavy atom. The van der Waals surface area contributed by atoms with Crippen LogP contribution in [0.5, 0.6) is 11.5 Å². The molecule has 2 N–H and O–H groups in total. The van der Waals surface area contributed by atoms with Gasteiger partial charge in [0.25, 0.3) is 5.91 Å². The van der Waals surface area contributed by atoms with Crippen molar-refractivity contribution in [2.45, 2.75) is 18.8 Å². The zero-order valence-electron chi connectivity index (χ0n) is 18.1. The molecule has 3 heterocycles. The summed E-state index contributed by atoms with van der Waals surface area (Å²) in [6.07, 6.45) is 6.83. The highest BCUT2D eigenvalue weighted by Gasteiger charge is 2.24. The van der Waals surface area contributed by atoms with E-state index in [1.54, 1.807) is 26.5 Å². The van der Waals surface area contributed by atoms with Crippen molar-refractivity contribution in [2.24, 2.45) is 0 Å². The first-order chi connectivity index (χ1) is 15.6. The summed E-state index contributed by atoms with van der Waals surface area (Å²) in [5, 5.41) is 1.91. The molecular formula is C24H25N5O3. The summed E-state index contributed by atoms with van der Waals surface area (Å²) in [6, 6.07) is 5.52. The second kappa shape index (κ2) is 9.54. The Labute approximate surface area is 186 Å². The van der Waals surface area contributed by atoms with Gasteiger partial charge in [-0.2, -0.15) is 0 Å². The summed E-state index contributed by atoms with van der Waals surface area (Å²) in [6.45, 7) is 4.99. The van der Waals surface area contributed by atoms with Crippen LogP contribution in [0.2, 0.25) is 0 Å². The Balaban J connectivity index is 1.60. The molecule has 8 nitrogen and oxygen atoms in total. The van der Waals surface area contributed by atoms with E-state index >= 15 is 0 Å². The van der Waals surface area contributed by atoms with Gasteiger partial charge >= 0.3 is 0 Å². The second-order valence-corrected chi connectivity index (χ2v) is 7.51. The summed E-state index contributed by atoms with van der Waals surface area (Å²) >= 11 is 0. The number of carbonyl (C=O) groups excluding carboxylic acids is 1. The van der Waals surface area contributed by atoms with Crippen LogP contribution in [0.15, 0.2) is 43.2 Å². The zero-order valence-corrected chi connectivity index (χ0v) is 18.1. The van der Waals surface area contributed by atoms with Crippen LogP contribution in [0, 0.1) is 11.8 Å². The molecular weight excluding hydrogens is 406 g/mol. The maximum Gasteiger partial charge on any atom is 0.257 e. The number of nitrogens with one attached hydrogen (secondary N) is 2. The van der Waals surface area contributed by atoms with E-state index in [4.69, 9.17) is 14.5 Å². The number of aromatic nitrogens is 3. The molecule has 0 radical (unpaired) electrons. The number of nitrogens with zero attached hydrogens (tertiary/aromatic N) is 3. The maximum atomic E-state index is 11.6. The van der Waals surface area contributed by atoms with E-state index < -0.39 is 0 Å². The van der Waals surface area contributed by atoms with Crippen LogP contribution < -0.4 is 14.9 Å². The molecule has 1 unspecified atom stereocenters. The highest BCUT2D eigenvalue weighted by molar-refractivity contribution is 5.86. The van der Waals surface area contributed by atoms with Gasteiger partial charge in [0, 0.05) is 36.8 Å². The smallest absolute Gasteiger partial charge is 0.257 e.